The summed E-state index contributed by atoms with van der Waals surface area (Å²) in [6, 6.07) is 3.91. The van der Waals surface area contributed by atoms with Gasteiger partial charge in [-0.1, -0.05) is 23.4 Å². The first-order chi connectivity index (χ1) is 11.6. The number of pyridine rings is 1. The molecule has 0 spiro atoms. The topological polar surface area (TPSA) is 72.7 Å². The van der Waals surface area contributed by atoms with Crippen LogP contribution in [-0.4, -0.2) is 30.9 Å². The first kappa shape index (κ1) is 15.9. The number of anilines is 1. The minimum absolute atomic E-state index is 0.104. The number of hydrogen-bond acceptors (Lipinski definition) is 5. The van der Waals surface area contributed by atoms with E-state index in [1.54, 1.807) is 12.1 Å². The van der Waals surface area contributed by atoms with Crippen molar-refractivity contribution in [3.63, 3.8) is 0 Å². The fourth-order valence-corrected chi connectivity index (χ4v) is 3.59. The van der Waals surface area contributed by atoms with E-state index >= 15 is 0 Å². The standard InChI is InChI=1S/C16H18ClN5OS/c1-9(15(23)19-13-7-4-11(17)8-18-13)24-16-21-20-14(10-2-3-10)22(16)12-5-6-12/h4,7-10,12H,2-3,5-6H2,1H3,(H,18,19,23). The van der Waals surface area contributed by atoms with Crippen molar-refractivity contribution in [3.8, 4) is 0 Å². The Morgan fingerprint density at radius 1 is 1.33 bits per heavy atom. The summed E-state index contributed by atoms with van der Waals surface area (Å²) < 4.78 is 2.26. The van der Waals surface area contributed by atoms with Gasteiger partial charge in [-0.3, -0.25) is 4.79 Å². The lowest BCUT2D eigenvalue weighted by molar-refractivity contribution is -0.115. The molecule has 0 aromatic carbocycles. The minimum Gasteiger partial charge on any atom is -0.310 e. The lowest BCUT2D eigenvalue weighted by atomic mass is 10.4. The molecule has 2 aliphatic carbocycles. The molecule has 2 aromatic heterocycles. The third-order valence-electron chi connectivity index (χ3n) is 4.18. The molecule has 2 heterocycles. The van der Waals surface area contributed by atoms with Gasteiger partial charge in [-0.2, -0.15) is 0 Å². The normalized spacial score (nSPS) is 18.4. The van der Waals surface area contributed by atoms with E-state index in [1.807, 2.05) is 6.92 Å². The van der Waals surface area contributed by atoms with E-state index in [-0.39, 0.29) is 11.2 Å². The molecule has 4 rings (SSSR count). The number of aromatic nitrogens is 4. The molecule has 0 radical (unpaired) electrons. The van der Waals surface area contributed by atoms with Crippen LogP contribution in [0.3, 0.4) is 0 Å². The van der Waals surface area contributed by atoms with Crippen molar-refractivity contribution in [1.29, 1.82) is 0 Å². The van der Waals surface area contributed by atoms with Gasteiger partial charge in [0, 0.05) is 18.2 Å². The summed E-state index contributed by atoms with van der Waals surface area (Å²) in [6.07, 6.45) is 6.28. The van der Waals surface area contributed by atoms with Crippen molar-refractivity contribution in [3.05, 3.63) is 29.2 Å². The van der Waals surface area contributed by atoms with Crippen molar-refractivity contribution < 1.29 is 4.79 Å². The summed E-state index contributed by atoms with van der Waals surface area (Å²) in [7, 11) is 0. The molecule has 2 fully saturated rings. The Kier molecular flexibility index (Phi) is 4.22. The van der Waals surface area contributed by atoms with Crippen molar-refractivity contribution >= 4 is 35.1 Å². The molecule has 2 aromatic rings. The molecule has 24 heavy (non-hydrogen) atoms. The van der Waals surface area contributed by atoms with Gasteiger partial charge in [0.25, 0.3) is 0 Å². The van der Waals surface area contributed by atoms with Crippen LogP contribution in [0.15, 0.2) is 23.5 Å². The van der Waals surface area contributed by atoms with Crippen LogP contribution in [0.25, 0.3) is 0 Å². The molecule has 0 saturated heterocycles. The number of nitrogens with zero attached hydrogens (tertiary/aromatic N) is 4. The number of carbonyl (C=O) groups is 1. The molecular formula is C16H18ClN5OS. The van der Waals surface area contributed by atoms with E-state index < -0.39 is 0 Å². The van der Waals surface area contributed by atoms with E-state index in [2.05, 4.69) is 25.1 Å². The van der Waals surface area contributed by atoms with E-state index in [9.17, 15) is 4.79 Å². The zero-order chi connectivity index (χ0) is 16.7. The summed E-state index contributed by atoms with van der Waals surface area (Å²) in [5, 5.41) is 12.6. The Hall–Kier alpha value is -1.60. The average molecular weight is 364 g/mol. The molecular weight excluding hydrogens is 346 g/mol. The number of thioether (sulfide) groups is 1. The zero-order valence-electron chi connectivity index (χ0n) is 13.3. The zero-order valence-corrected chi connectivity index (χ0v) is 14.8. The first-order valence-electron chi connectivity index (χ1n) is 8.15. The van der Waals surface area contributed by atoms with Crippen LogP contribution >= 0.6 is 23.4 Å². The van der Waals surface area contributed by atoms with Gasteiger partial charge >= 0.3 is 0 Å². The fraction of sp³-hybridized carbons (Fsp3) is 0.500. The molecule has 1 unspecified atom stereocenters. The lowest BCUT2D eigenvalue weighted by Gasteiger charge is -2.13. The summed E-state index contributed by atoms with van der Waals surface area (Å²) in [6.45, 7) is 1.87. The van der Waals surface area contributed by atoms with Crippen molar-refractivity contribution in [2.24, 2.45) is 0 Å². The number of amides is 1. The maximum absolute atomic E-state index is 12.4. The van der Waals surface area contributed by atoms with Crippen LogP contribution in [0.2, 0.25) is 5.02 Å². The molecule has 126 valence electrons. The highest BCUT2D eigenvalue weighted by Gasteiger charge is 2.37. The van der Waals surface area contributed by atoms with Crippen molar-refractivity contribution in [1.82, 2.24) is 19.7 Å². The quantitative estimate of drug-likeness (QED) is 0.793. The molecule has 8 heteroatoms. The van der Waals surface area contributed by atoms with Gasteiger partial charge in [0.2, 0.25) is 5.91 Å². The van der Waals surface area contributed by atoms with Gasteiger partial charge < -0.3 is 9.88 Å². The van der Waals surface area contributed by atoms with Gasteiger partial charge in [0.1, 0.15) is 11.6 Å². The van der Waals surface area contributed by atoms with Gasteiger partial charge in [0.05, 0.1) is 10.3 Å². The Morgan fingerprint density at radius 2 is 2.12 bits per heavy atom. The summed E-state index contributed by atoms with van der Waals surface area (Å²) in [5.74, 6) is 2.06. The Bertz CT molecular complexity index is 754. The van der Waals surface area contributed by atoms with Crippen LogP contribution in [0.5, 0.6) is 0 Å². The highest BCUT2D eigenvalue weighted by molar-refractivity contribution is 8.00. The smallest absolute Gasteiger partial charge is 0.238 e. The van der Waals surface area contributed by atoms with Crippen molar-refractivity contribution in [2.75, 3.05) is 5.32 Å². The summed E-state index contributed by atoms with van der Waals surface area (Å²) in [4.78, 5) is 16.5. The van der Waals surface area contributed by atoms with Crippen molar-refractivity contribution in [2.45, 2.75) is 55.0 Å². The Balaban J connectivity index is 1.44. The number of rotatable bonds is 6. The second kappa shape index (κ2) is 6.37. The van der Waals surface area contributed by atoms with Crippen LogP contribution in [0.1, 0.15) is 50.4 Å². The maximum atomic E-state index is 12.4. The number of nitrogens with one attached hydrogen (secondary N) is 1. The highest BCUT2D eigenvalue weighted by Crippen LogP contribution is 2.46. The average Bonchev–Trinajstić information content (AvgIpc) is 3.49. The number of carbonyl (C=O) groups excluding carboxylic acids is 1. The van der Waals surface area contributed by atoms with Crippen LogP contribution in [-0.2, 0) is 4.79 Å². The predicted molar refractivity (Wildman–Crippen MR) is 93.5 cm³/mol. The number of halogens is 1. The minimum atomic E-state index is -0.281. The van der Waals surface area contributed by atoms with E-state index in [0.717, 1.165) is 11.0 Å². The largest absolute Gasteiger partial charge is 0.310 e. The van der Waals surface area contributed by atoms with Crippen LogP contribution in [0.4, 0.5) is 5.82 Å². The molecule has 0 aliphatic heterocycles. The fourth-order valence-electron chi connectivity index (χ4n) is 2.55. The highest BCUT2D eigenvalue weighted by atomic mass is 35.5. The molecule has 1 amide bonds. The molecule has 2 aliphatic rings. The molecule has 6 nitrogen and oxygen atoms in total. The maximum Gasteiger partial charge on any atom is 0.238 e. The van der Waals surface area contributed by atoms with Gasteiger partial charge in [-0.15, -0.1) is 10.2 Å². The third-order valence-corrected chi connectivity index (χ3v) is 5.46. The van der Waals surface area contributed by atoms with Crippen LogP contribution < -0.4 is 5.32 Å². The molecule has 1 N–H and O–H groups in total. The van der Waals surface area contributed by atoms with E-state index in [0.29, 0.717) is 22.8 Å². The van der Waals surface area contributed by atoms with Gasteiger partial charge in [-0.05, 0) is 44.7 Å². The second-order valence-electron chi connectivity index (χ2n) is 6.33. The number of hydrogen-bond donors (Lipinski definition) is 1. The lowest BCUT2D eigenvalue weighted by Crippen LogP contribution is -2.23. The Labute approximate surface area is 149 Å². The molecule has 0 bridgehead atoms. The first-order valence-corrected chi connectivity index (χ1v) is 9.41. The monoisotopic (exact) mass is 363 g/mol. The Morgan fingerprint density at radius 3 is 2.75 bits per heavy atom. The van der Waals surface area contributed by atoms with E-state index in [4.69, 9.17) is 11.6 Å². The third kappa shape index (κ3) is 3.42. The predicted octanol–water partition coefficient (Wildman–Crippen LogP) is 3.66. The van der Waals surface area contributed by atoms with Gasteiger partial charge in [0.15, 0.2) is 5.16 Å². The second-order valence-corrected chi connectivity index (χ2v) is 8.07. The van der Waals surface area contributed by atoms with Crippen LogP contribution in [0, 0.1) is 0 Å². The summed E-state index contributed by atoms with van der Waals surface area (Å²) >= 11 is 7.27. The van der Waals surface area contributed by atoms with Gasteiger partial charge in [-0.25, -0.2) is 4.98 Å². The molecule has 1 atom stereocenters. The SMILES string of the molecule is CC(Sc1nnc(C2CC2)n1C1CC1)C(=O)Nc1ccc(Cl)cn1. The van der Waals surface area contributed by atoms with E-state index in [1.165, 1.54) is 43.6 Å². The molecule has 2 saturated carbocycles. The summed E-state index contributed by atoms with van der Waals surface area (Å²) in [5.41, 5.74) is 0.